The van der Waals surface area contributed by atoms with E-state index >= 15 is 0 Å². The van der Waals surface area contributed by atoms with Crippen LogP contribution in [0.1, 0.15) is 41.0 Å². The summed E-state index contributed by atoms with van der Waals surface area (Å²) in [4.78, 5) is 22.4. The molecule has 8 nitrogen and oxygen atoms in total. The second-order valence-corrected chi connectivity index (χ2v) is 7.52. The molecule has 0 rings (SSSR count). The lowest BCUT2D eigenvalue weighted by molar-refractivity contribution is -0.127. The number of alkyl halides is 1. The first kappa shape index (κ1) is 28.9. The number of ketones is 1. The molecule has 1 amide bonds. The Balaban J connectivity index is 3.44. The Bertz CT molecular complexity index is 463. The molecule has 0 radical (unpaired) electrons. The molecule has 2 unspecified atom stereocenters. The molecule has 0 aliphatic rings. The molecule has 0 fully saturated rings. The van der Waals surface area contributed by atoms with Gasteiger partial charge in [0, 0.05) is 12.8 Å². The van der Waals surface area contributed by atoms with Gasteiger partial charge in [0.2, 0.25) is 5.91 Å². The van der Waals surface area contributed by atoms with Crippen molar-refractivity contribution in [2.75, 3.05) is 66.0 Å². The molecule has 0 aliphatic carbocycles. The van der Waals surface area contributed by atoms with E-state index in [1.165, 1.54) is 6.92 Å². The summed E-state index contributed by atoms with van der Waals surface area (Å²) in [6, 6.07) is 0. The smallest absolute Gasteiger partial charge is 0.216 e. The number of halogens is 1. The zero-order valence-corrected chi connectivity index (χ0v) is 19.2. The first-order valence-electron chi connectivity index (χ1n) is 10.6. The fourth-order valence-electron chi connectivity index (χ4n) is 2.14. The summed E-state index contributed by atoms with van der Waals surface area (Å²) in [5.41, 5.74) is -1.01. The van der Waals surface area contributed by atoms with E-state index in [0.717, 1.165) is 6.42 Å². The third kappa shape index (κ3) is 15.7. The van der Waals surface area contributed by atoms with Crippen molar-refractivity contribution in [2.24, 2.45) is 5.92 Å². The number of hydrogen-bond acceptors (Lipinski definition) is 7. The number of rotatable bonds is 20. The Labute approximate surface area is 180 Å². The van der Waals surface area contributed by atoms with E-state index in [0.29, 0.717) is 46.2 Å². The van der Waals surface area contributed by atoms with E-state index in [1.807, 2.05) is 13.8 Å². The SMILES string of the molecule is CCC(C)C(=O)COCCOCCOCCOCCOC(C)(C)C(F)CNC(C)=O. The first-order valence-corrected chi connectivity index (χ1v) is 10.6. The molecule has 0 aliphatic heterocycles. The molecule has 178 valence electrons. The van der Waals surface area contributed by atoms with Crippen molar-refractivity contribution in [1.82, 2.24) is 5.32 Å². The Hall–Kier alpha value is -1.13. The maximum atomic E-state index is 14.0. The zero-order valence-electron chi connectivity index (χ0n) is 19.2. The predicted octanol–water partition coefficient (Wildman–Crippen LogP) is 1.94. The van der Waals surface area contributed by atoms with Gasteiger partial charge in [-0.1, -0.05) is 13.8 Å². The van der Waals surface area contributed by atoms with Gasteiger partial charge in [-0.3, -0.25) is 9.59 Å². The van der Waals surface area contributed by atoms with E-state index in [4.69, 9.17) is 23.7 Å². The van der Waals surface area contributed by atoms with Gasteiger partial charge < -0.3 is 29.0 Å². The molecule has 0 aromatic carbocycles. The summed E-state index contributed by atoms with van der Waals surface area (Å²) in [6.07, 6.45) is -0.488. The standard InChI is InChI=1S/C21H40FNO7/c1-6-17(2)19(25)16-29-12-11-27-8-7-26-9-10-28-13-14-30-21(4,5)20(22)15-23-18(3)24/h17,20H,6-16H2,1-5H3,(H,23,24). The van der Waals surface area contributed by atoms with Crippen LogP contribution in [0.15, 0.2) is 0 Å². The number of ether oxygens (including phenoxy) is 5. The van der Waals surface area contributed by atoms with Crippen LogP contribution in [0.3, 0.4) is 0 Å². The van der Waals surface area contributed by atoms with Gasteiger partial charge in [0.15, 0.2) is 5.78 Å². The minimum Gasteiger partial charge on any atom is -0.377 e. The highest BCUT2D eigenvalue weighted by molar-refractivity contribution is 5.81. The van der Waals surface area contributed by atoms with Crippen molar-refractivity contribution in [1.29, 1.82) is 0 Å². The van der Waals surface area contributed by atoms with Gasteiger partial charge in [0.1, 0.15) is 12.8 Å². The van der Waals surface area contributed by atoms with E-state index in [9.17, 15) is 14.0 Å². The maximum Gasteiger partial charge on any atom is 0.216 e. The normalized spacial score (nSPS) is 13.8. The number of hydrogen-bond donors (Lipinski definition) is 1. The summed E-state index contributed by atoms with van der Waals surface area (Å²) < 4.78 is 40.9. The molecule has 9 heteroatoms. The van der Waals surface area contributed by atoms with Crippen LogP contribution < -0.4 is 5.32 Å². The third-order valence-electron chi connectivity index (χ3n) is 4.51. The largest absolute Gasteiger partial charge is 0.377 e. The molecule has 0 aromatic rings. The van der Waals surface area contributed by atoms with Gasteiger partial charge >= 0.3 is 0 Å². The van der Waals surface area contributed by atoms with Gasteiger partial charge in [0.25, 0.3) is 0 Å². The summed E-state index contributed by atoms with van der Waals surface area (Å²) >= 11 is 0. The third-order valence-corrected chi connectivity index (χ3v) is 4.51. The Morgan fingerprint density at radius 1 is 0.900 bits per heavy atom. The molecule has 0 saturated heterocycles. The van der Waals surface area contributed by atoms with Crippen molar-refractivity contribution in [2.45, 2.75) is 52.8 Å². The molecule has 0 bridgehead atoms. The number of carbonyl (C=O) groups excluding carboxylic acids is 2. The van der Waals surface area contributed by atoms with E-state index in [1.54, 1.807) is 13.8 Å². The molecule has 0 heterocycles. The van der Waals surface area contributed by atoms with Crippen LogP contribution in [0.2, 0.25) is 0 Å². The van der Waals surface area contributed by atoms with E-state index < -0.39 is 11.8 Å². The summed E-state index contributed by atoms with van der Waals surface area (Å²) in [5.74, 6) is -0.122. The number of Topliss-reactive ketones (excluding diaryl/α,β-unsaturated/α-hetero) is 1. The minimum atomic E-state index is -1.31. The first-order chi connectivity index (χ1) is 14.2. The minimum absolute atomic E-state index is 0.0373. The van der Waals surface area contributed by atoms with Gasteiger partial charge in [-0.05, 0) is 20.3 Å². The molecular formula is C21H40FNO7. The van der Waals surface area contributed by atoms with Crippen LogP contribution in [0.4, 0.5) is 4.39 Å². The van der Waals surface area contributed by atoms with Crippen LogP contribution in [-0.4, -0.2) is 89.5 Å². The summed E-state index contributed by atoms with van der Waals surface area (Å²) in [5, 5.41) is 2.44. The number of carbonyl (C=O) groups is 2. The van der Waals surface area contributed by atoms with Gasteiger partial charge in [0.05, 0.1) is 65.0 Å². The Kier molecular flexibility index (Phi) is 16.9. The van der Waals surface area contributed by atoms with Crippen LogP contribution in [0.25, 0.3) is 0 Å². The van der Waals surface area contributed by atoms with Gasteiger partial charge in [-0.25, -0.2) is 4.39 Å². The Morgan fingerprint density at radius 2 is 1.37 bits per heavy atom. The maximum absolute atomic E-state index is 14.0. The highest BCUT2D eigenvalue weighted by Gasteiger charge is 2.30. The van der Waals surface area contributed by atoms with Crippen LogP contribution >= 0.6 is 0 Å². The molecule has 30 heavy (non-hydrogen) atoms. The zero-order chi connectivity index (χ0) is 22.8. The quantitative estimate of drug-likeness (QED) is 0.291. The molecule has 0 aromatic heterocycles. The van der Waals surface area contributed by atoms with Crippen molar-refractivity contribution in [3.63, 3.8) is 0 Å². The summed E-state index contributed by atoms with van der Waals surface area (Å²) in [6.45, 7) is 11.6. The second-order valence-electron chi connectivity index (χ2n) is 7.52. The van der Waals surface area contributed by atoms with Crippen molar-refractivity contribution < 1.29 is 37.7 Å². The number of amides is 1. The molecule has 0 saturated carbocycles. The highest BCUT2D eigenvalue weighted by Crippen LogP contribution is 2.17. The van der Waals surface area contributed by atoms with Crippen molar-refractivity contribution in [3.8, 4) is 0 Å². The average Bonchev–Trinajstić information content (AvgIpc) is 2.71. The van der Waals surface area contributed by atoms with Crippen LogP contribution in [-0.2, 0) is 33.3 Å². The lowest BCUT2D eigenvalue weighted by atomic mass is 10.0. The molecule has 0 spiro atoms. The lowest BCUT2D eigenvalue weighted by Crippen LogP contribution is -2.44. The topological polar surface area (TPSA) is 92.3 Å². The summed E-state index contributed by atoms with van der Waals surface area (Å²) in [7, 11) is 0. The molecule has 2 atom stereocenters. The highest BCUT2D eigenvalue weighted by atomic mass is 19.1. The monoisotopic (exact) mass is 437 g/mol. The van der Waals surface area contributed by atoms with Crippen molar-refractivity contribution in [3.05, 3.63) is 0 Å². The predicted molar refractivity (Wildman–Crippen MR) is 111 cm³/mol. The van der Waals surface area contributed by atoms with E-state index in [-0.39, 0.29) is 37.4 Å². The molecule has 1 N–H and O–H groups in total. The number of nitrogens with one attached hydrogen (secondary N) is 1. The van der Waals surface area contributed by atoms with Crippen LogP contribution in [0, 0.1) is 5.92 Å². The lowest BCUT2D eigenvalue weighted by Gasteiger charge is -2.29. The van der Waals surface area contributed by atoms with Gasteiger partial charge in [-0.15, -0.1) is 0 Å². The fourth-order valence-corrected chi connectivity index (χ4v) is 2.14. The van der Waals surface area contributed by atoms with Crippen molar-refractivity contribution >= 4 is 11.7 Å². The van der Waals surface area contributed by atoms with E-state index in [2.05, 4.69) is 5.32 Å². The Morgan fingerprint density at radius 3 is 1.83 bits per heavy atom. The average molecular weight is 438 g/mol. The second kappa shape index (κ2) is 17.5. The van der Waals surface area contributed by atoms with Crippen LogP contribution in [0.5, 0.6) is 0 Å². The fraction of sp³-hybridized carbons (Fsp3) is 0.905. The van der Waals surface area contributed by atoms with Gasteiger partial charge in [-0.2, -0.15) is 0 Å². The molecular weight excluding hydrogens is 397 g/mol.